The molecule has 6 heteroatoms. The van der Waals surface area contributed by atoms with E-state index in [1.165, 1.54) is 6.20 Å². The lowest BCUT2D eigenvalue weighted by atomic mass is 10.1. The molecule has 0 N–H and O–H groups in total. The van der Waals surface area contributed by atoms with Gasteiger partial charge in [-0.1, -0.05) is 15.9 Å². The summed E-state index contributed by atoms with van der Waals surface area (Å²) in [5, 5.41) is 9.08. The number of hydrogen-bond acceptors (Lipinski definition) is 2. The Hall–Kier alpha value is -0.540. The Labute approximate surface area is 96.2 Å². The molecule has 0 aromatic carbocycles. The first kappa shape index (κ1) is 11.5. The Morgan fingerprint density at radius 2 is 2.21 bits per heavy atom. The van der Waals surface area contributed by atoms with Crippen LogP contribution in [0.5, 0.6) is 0 Å². The maximum absolute atomic E-state index is 12.6. The van der Waals surface area contributed by atoms with Gasteiger partial charge in [-0.15, -0.1) is 0 Å². The van der Waals surface area contributed by atoms with E-state index in [1.54, 1.807) is 6.07 Å². The molecule has 0 aliphatic heterocycles. The van der Waals surface area contributed by atoms with E-state index in [9.17, 15) is 8.78 Å². The molecule has 1 aromatic rings. The molecule has 0 spiro atoms. The van der Waals surface area contributed by atoms with Crippen molar-refractivity contribution in [2.24, 2.45) is 0 Å². The van der Waals surface area contributed by atoms with Crippen LogP contribution in [0.2, 0.25) is 0 Å². The fourth-order valence-corrected chi connectivity index (χ4v) is 1.88. The minimum atomic E-state index is -2.70. The van der Waals surface area contributed by atoms with Crippen LogP contribution in [-0.2, 0) is 5.33 Å². The van der Waals surface area contributed by atoms with Gasteiger partial charge in [-0.2, -0.15) is 5.26 Å². The summed E-state index contributed by atoms with van der Waals surface area (Å²) in [6.07, 6.45) is -1.31. The van der Waals surface area contributed by atoms with Crippen molar-refractivity contribution < 1.29 is 8.78 Å². The Bertz CT molecular complexity index is 388. The van der Waals surface area contributed by atoms with Crippen molar-refractivity contribution in [3.8, 4) is 6.07 Å². The highest BCUT2D eigenvalue weighted by Gasteiger charge is 2.20. The highest BCUT2D eigenvalue weighted by atomic mass is 79.9. The second-order valence-corrected chi connectivity index (χ2v) is 3.72. The minimum absolute atomic E-state index is 0.0150. The molecule has 0 unspecified atom stereocenters. The van der Waals surface area contributed by atoms with Crippen molar-refractivity contribution in [2.75, 3.05) is 0 Å². The van der Waals surface area contributed by atoms with E-state index in [0.29, 0.717) is 10.9 Å². The average Bonchev–Trinajstić information content (AvgIpc) is 2.16. The van der Waals surface area contributed by atoms with E-state index in [2.05, 4.69) is 36.8 Å². The lowest BCUT2D eigenvalue weighted by Crippen LogP contribution is -1.99. The molecule has 0 bridgehead atoms. The number of nitriles is 1. The van der Waals surface area contributed by atoms with Crippen LogP contribution < -0.4 is 0 Å². The molecule has 0 aliphatic rings. The summed E-state index contributed by atoms with van der Waals surface area (Å²) in [5.74, 6) is 0. The van der Waals surface area contributed by atoms with Gasteiger partial charge >= 0.3 is 0 Å². The van der Waals surface area contributed by atoms with Crippen LogP contribution >= 0.6 is 31.9 Å². The third-order valence-corrected chi connectivity index (χ3v) is 2.86. The van der Waals surface area contributed by atoms with Crippen LogP contribution in [0.1, 0.15) is 23.1 Å². The lowest BCUT2D eigenvalue weighted by Gasteiger charge is -2.07. The van der Waals surface area contributed by atoms with Crippen LogP contribution in [0.25, 0.3) is 0 Å². The fourth-order valence-electron chi connectivity index (χ4n) is 0.977. The van der Waals surface area contributed by atoms with Crippen LogP contribution in [-0.4, -0.2) is 4.98 Å². The summed E-state index contributed by atoms with van der Waals surface area (Å²) in [7, 11) is 0. The van der Waals surface area contributed by atoms with E-state index in [0.717, 1.165) is 0 Å². The molecule has 0 atom stereocenters. The average molecular weight is 326 g/mol. The molecular formula is C8H4Br2F2N2. The number of halogens is 4. The first-order valence-electron chi connectivity index (χ1n) is 3.53. The van der Waals surface area contributed by atoms with Gasteiger partial charge < -0.3 is 0 Å². The number of hydrogen-bond donors (Lipinski definition) is 0. The van der Waals surface area contributed by atoms with Gasteiger partial charge in [0.25, 0.3) is 6.43 Å². The standard InChI is InChI=1S/C8H4Br2F2N2/c9-1-4-3-14-7(10)6(8(11)12)5(4)2-13/h3,8H,1H2. The first-order chi connectivity index (χ1) is 6.61. The van der Waals surface area contributed by atoms with Gasteiger partial charge in [0.1, 0.15) is 10.7 Å². The molecular weight excluding hydrogens is 322 g/mol. The molecule has 0 saturated heterocycles. The van der Waals surface area contributed by atoms with Crippen LogP contribution in [0.3, 0.4) is 0 Å². The molecule has 1 aromatic heterocycles. The van der Waals surface area contributed by atoms with Gasteiger partial charge in [-0.3, -0.25) is 0 Å². The quantitative estimate of drug-likeness (QED) is 0.616. The maximum Gasteiger partial charge on any atom is 0.267 e. The highest BCUT2D eigenvalue weighted by molar-refractivity contribution is 9.10. The number of rotatable bonds is 2. The monoisotopic (exact) mass is 324 g/mol. The Morgan fingerprint density at radius 3 is 2.64 bits per heavy atom. The van der Waals surface area contributed by atoms with Gasteiger partial charge in [0, 0.05) is 11.5 Å². The Balaban J connectivity index is 3.45. The molecule has 1 heterocycles. The summed E-state index contributed by atoms with van der Waals surface area (Å²) < 4.78 is 25.1. The van der Waals surface area contributed by atoms with Gasteiger partial charge in [0.15, 0.2) is 0 Å². The van der Waals surface area contributed by atoms with Crippen LogP contribution in [0.4, 0.5) is 8.78 Å². The molecule has 1 rings (SSSR count). The predicted octanol–water partition coefficient (Wildman–Crippen LogP) is 3.55. The summed E-state index contributed by atoms with van der Waals surface area (Å²) in [6.45, 7) is 0. The number of alkyl halides is 3. The maximum atomic E-state index is 12.6. The molecule has 14 heavy (non-hydrogen) atoms. The molecule has 0 fully saturated rings. The highest BCUT2D eigenvalue weighted by Crippen LogP contribution is 2.31. The largest absolute Gasteiger partial charge is 0.267 e. The molecule has 74 valence electrons. The summed E-state index contributed by atoms with van der Waals surface area (Å²) in [4.78, 5) is 3.74. The third kappa shape index (κ3) is 2.10. The van der Waals surface area contributed by atoms with E-state index >= 15 is 0 Å². The molecule has 0 aliphatic carbocycles. The third-order valence-electron chi connectivity index (χ3n) is 1.62. The Kier molecular flexibility index (Phi) is 3.96. The zero-order valence-corrected chi connectivity index (χ0v) is 9.94. The van der Waals surface area contributed by atoms with E-state index in [4.69, 9.17) is 5.26 Å². The first-order valence-corrected chi connectivity index (χ1v) is 5.44. The number of aromatic nitrogens is 1. The topological polar surface area (TPSA) is 36.7 Å². The lowest BCUT2D eigenvalue weighted by molar-refractivity contribution is 0.149. The smallest absolute Gasteiger partial charge is 0.248 e. The van der Waals surface area contributed by atoms with E-state index in [1.807, 2.05) is 0 Å². The summed E-state index contributed by atoms with van der Waals surface area (Å²) in [6, 6.07) is 1.76. The molecule has 0 radical (unpaired) electrons. The second-order valence-electron chi connectivity index (χ2n) is 2.41. The predicted molar refractivity (Wildman–Crippen MR) is 54.2 cm³/mol. The van der Waals surface area contributed by atoms with Gasteiger partial charge in [0.2, 0.25) is 0 Å². The number of pyridine rings is 1. The van der Waals surface area contributed by atoms with Crippen molar-refractivity contribution >= 4 is 31.9 Å². The minimum Gasteiger partial charge on any atom is -0.248 e. The van der Waals surface area contributed by atoms with Crippen molar-refractivity contribution in [2.45, 2.75) is 11.8 Å². The van der Waals surface area contributed by atoms with E-state index < -0.39 is 6.43 Å². The zero-order chi connectivity index (χ0) is 10.7. The Morgan fingerprint density at radius 1 is 1.57 bits per heavy atom. The van der Waals surface area contributed by atoms with Gasteiger partial charge in [-0.05, 0) is 21.5 Å². The van der Waals surface area contributed by atoms with Crippen LogP contribution in [0.15, 0.2) is 10.8 Å². The van der Waals surface area contributed by atoms with E-state index in [-0.39, 0.29) is 15.7 Å². The van der Waals surface area contributed by atoms with Crippen molar-refractivity contribution in [3.63, 3.8) is 0 Å². The molecule has 2 nitrogen and oxygen atoms in total. The molecule has 0 amide bonds. The van der Waals surface area contributed by atoms with Crippen LogP contribution in [0, 0.1) is 11.3 Å². The number of nitrogens with zero attached hydrogens (tertiary/aromatic N) is 2. The van der Waals surface area contributed by atoms with Gasteiger partial charge in [-0.25, -0.2) is 13.8 Å². The zero-order valence-electron chi connectivity index (χ0n) is 6.77. The normalized spacial score (nSPS) is 10.3. The SMILES string of the molecule is N#Cc1c(CBr)cnc(Br)c1C(F)F. The van der Waals surface area contributed by atoms with Crippen molar-refractivity contribution in [1.82, 2.24) is 4.98 Å². The summed E-state index contributed by atoms with van der Waals surface area (Å²) in [5.41, 5.74) is 0.106. The summed E-state index contributed by atoms with van der Waals surface area (Å²) >= 11 is 6.00. The van der Waals surface area contributed by atoms with Crippen molar-refractivity contribution in [1.29, 1.82) is 5.26 Å². The fraction of sp³-hybridized carbons (Fsp3) is 0.250. The van der Waals surface area contributed by atoms with Gasteiger partial charge in [0.05, 0.1) is 11.1 Å². The van der Waals surface area contributed by atoms with Crippen molar-refractivity contribution in [3.05, 3.63) is 27.5 Å². The second kappa shape index (κ2) is 4.80. The molecule has 0 saturated carbocycles.